The smallest absolute Gasteiger partial charge is 0.312 e. The second-order valence-corrected chi connectivity index (χ2v) is 6.90. The van der Waals surface area contributed by atoms with Crippen LogP contribution in [-0.4, -0.2) is 21.8 Å². The number of carbonyl (C=O) groups is 1. The summed E-state index contributed by atoms with van der Waals surface area (Å²) in [5.41, 5.74) is 0.331. The van der Waals surface area contributed by atoms with Gasteiger partial charge in [-0.15, -0.1) is 0 Å². The van der Waals surface area contributed by atoms with Crippen LogP contribution in [0.1, 0.15) is 37.8 Å². The Morgan fingerprint density at radius 2 is 1.60 bits per heavy atom. The fourth-order valence-corrected chi connectivity index (χ4v) is 4.37. The number of hydrogen-bond acceptors (Lipinski definition) is 2. The minimum Gasteiger partial charge on any atom is -0.481 e. The van der Waals surface area contributed by atoms with Crippen LogP contribution in [0.15, 0.2) is 24.3 Å². The minimum atomic E-state index is -1.11. The molecule has 0 aromatic heterocycles. The standard InChI is InChI=1S/C17H22O3/c1-16(2,15(18)19)17(20)13-7-8-14(17)10-12-6-4-3-5-11(12)9-13/h3-6,13-14,20H,7-10H2,1-2H3,(H,18,19). The Balaban J connectivity index is 2.07. The third kappa shape index (κ3) is 1.65. The Kier molecular flexibility index (Phi) is 2.94. The van der Waals surface area contributed by atoms with E-state index in [0.717, 1.165) is 25.7 Å². The van der Waals surface area contributed by atoms with E-state index in [2.05, 4.69) is 12.1 Å². The molecule has 0 aliphatic heterocycles. The molecule has 3 nitrogen and oxygen atoms in total. The topological polar surface area (TPSA) is 57.5 Å². The monoisotopic (exact) mass is 274 g/mol. The quantitative estimate of drug-likeness (QED) is 0.871. The molecule has 20 heavy (non-hydrogen) atoms. The van der Waals surface area contributed by atoms with Crippen LogP contribution in [0.2, 0.25) is 0 Å². The number of fused-ring (bicyclic) bond motifs is 3. The van der Waals surface area contributed by atoms with Gasteiger partial charge in [-0.2, -0.15) is 0 Å². The highest BCUT2D eigenvalue weighted by atomic mass is 16.4. The molecule has 1 aromatic carbocycles. The maximum Gasteiger partial charge on any atom is 0.312 e. The normalized spacial score (nSPS) is 32.5. The highest BCUT2D eigenvalue weighted by Crippen LogP contribution is 2.55. The Labute approximate surface area is 119 Å². The van der Waals surface area contributed by atoms with E-state index in [1.165, 1.54) is 11.1 Å². The third-order valence-electron chi connectivity index (χ3n) is 5.70. The molecule has 1 fully saturated rings. The Hall–Kier alpha value is -1.35. The fourth-order valence-electron chi connectivity index (χ4n) is 4.37. The number of aliphatic carboxylic acids is 1. The third-order valence-corrected chi connectivity index (χ3v) is 5.70. The first-order valence-corrected chi connectivity index (χ1v) is 7.40. The summed E-state index contributed by atoms with van der Waals surface area (Å²) in [6.07, 6.45) is 3.43. The van der Waals surface area contributed by atoms with Gasteiger partial charge in [0, 0.05) is 0 Å². The Morgan fingerprint density at radius 1 is 1.15 bits per heavy atom. The maximum atomic E-state index is 11.7. The van der Waals surface area contributed by atoms with Crippen LogP contribution in [0.5, 0.6) is 0 Å². The largest absolute Gasteiger partial charge is 0.481 e. The molecule has 0 spiro atoms. The van der Waals surface area contributed by atoms with Gasteiger partial charge in [-0.1, -0.05) is 24.3 Å². The summed E-state index contributed by atoms with van der Waals surface area (Å²) in [5, 5.41) is 20.9. The molecule has 0 radical (unpaired) electrons. The molecule has 2 N–H and O–H groups in total. The predicted octanol–water partition coefficient (Wildman–Crippen LogP) is 2.65. The SMILES string of the molecule is CC(C)(C(=O)O)C1(O)C2CCC1Cc1ccccc1C2. The number of hydrogen-bond donors (Lipinski definition) is 2. The summed E-state index contributed by atoms with van der Waals surface area (Å²) in [6.45, 7) is 3.35. The number of carboxylic acid groups (broad SMARTS) is 1. The summed E-state index contributed by atoms with van der Waals surface area (Å²) in [5.74, 6) is -0.813. The lowest BCUT2D eigenvalue weighted by molar-refractivity contribution is -0.177. The first-order valence-electron chi connectivity index (χ1n) is 7.40. The number of benzene rings is 1. The average molecular weight is 274 g/mol. The van der Waals surface area contributed by atoms with Crippen molar-refractivity contribution >= 4 is 5.97 Å². The van der Waals surface area contributed by atoms with E-state index in [9.17, 15) is 15.0 Å². The molecular weight excluding hydrogens is 252 g/mol. The molecule has 2 bridgehead atoms. The van der Waals surface area contributed by atoms with Crippen molar-refractivity contribution in [3.63, 3.8) is 0 Å². The van der Waals surface area contributed by atoms with E-state index in [1.807, 2.05) is 12.1 Å². The van der Waals surface area contributed by atoms with Crippen molar-refractivity contribution in [1.29, 1.82) is 0 Å². The second-order valence-electron chi connectivity index (χ2n) is 6.90. The maximum absolute atomic E-state index is 11.7. The first-order chi connectivity index (χ1) is 9.37. The molecule has 2 unspecified atom stereocenters. The zero-order valence-electron chi connectivity index (χ0n) is 12.1. The van der Waals surface area contributed by atoms with Crippen LogP contribution in [0.4, 0.5) is 0 Å². The van der Waals surface area contributed by atoms with Crippen LogP contribution in [0.25, 0.3) is 0 Å². The lowest BCUT2D eigenvalue weighted by atomic mass is 9.64. The summed E-state index contributed by atoms with van der Waals surface area (Å²) in [4.78, 5) is 11.7. The van der Waals surface area contributed by atoms with Gasteiger partial charge in [0.25, 0.3) is 0 Å². The summed E-state index contributed by atoms with van der Waals surface area (Å²) < 4.78 is 0. The van der Waals surface area contributed by atoms with E-state index in [-0.39, 0.29) is 11.8 Å². The van der Waals surface area contributed by atoms with Gasteiger partial charge in [0.1, 0.15) is 0 Å². The lowest BCUT2D eigenvalue weighted by Gasteiger charge is -2.44. The summed E-state index contributed by atoms with van der Waals surface area (Å²) in [6, 6.07) is 8.28. The van der Waals surface area contributed by atoms with Gasteiger partial charge in [-0.25, -0.2) is 0 Å². The molecule has 108 valence electrons. The van der Waals surface area contributed by atoms with Crippen molar-refractivity contribution in [2.24, 2.45) is 17.3 Å². The number of carboxylic acids is 1. The molecule has 1 saturated carbocycles. The van der Waals surface area contributed by atoms with Crippen molar-refractivity contribution < 1.29 is 15.0 Å². The van der Waals surface area contributed by atoms with Crippen molar-refractivity contribution in [1.82, 2.24) is 0 Å². The fraction of sp³-hybridized carbons (Fsp3) is 0.588. The van der Waals surface area contributed by atoms with Gasteiger partial charge < -0.3 is 10.2 Å². The van der Waals surface area contributed by atoms with Gasteiger partial charge in [-0.3, -0.25) is 4.79 Å². The molecule has 2 atom stereocenters. The first kappa shape index (κ1) is 13.6. The van der Waals surface area contributed by atoms with E-state index in [4.69, 9.17) is 0 Å². The molecule has 0 amide bonds. The Bertz CT molecular complexity index is 514. The van der Waals surface area contributed by atoms with E-state index in [1.54, 1.807) is 13.8 Å². The molecule has 2 aliphatic carbocycles. The van der Waals surface area contributed by atoms with Crippen LogP contribution >= 0.6 is 0 Å². The number of aliphatic hydroxyl groups is 1. The highest BCUT2D eigenvalue weighted by Gasteiger charge is 2.61. The molecule has 0 heterocycles. The zero-order chi connectivity index (χ0) is 14.5. The molecule has 0 saturated heterocycles. The molecule has 3 heteroatoms. The zero-order valence-corrected chi connectivity index (χ0v) is 12.1. The lowest BCUT2D eigenvalue weighted by Crippen LogP contribution is -2.56. The predicted molar refractivity (Wildman–Crippen MR) is 76.4 cm³/mol. The van der Waals surface area contributed by atoms with Gasteiger partial charge in [0.15, 0.2) is 0 Å². The van der Waals surface area contributed by atoms with Crippen molar-refractivity contribution in [3.05, 3.63) is 35.4 Å². The molecule has 1 aromatic rings. The number of rotatable bonds is 2. The molecule has 3 rings (SSSR count). The van der Waals surface area contributed by atoms with E-state index >= 15 is 0 Å². The second kappa shape index (κ2) is 4.32. The van der Waals surface area contributed by atoms with Crippen LogP contribution in [0.3, 0.4) is 0 Å². The molecule has 2 aliphatic rings. The van der Waals surface area contributed by atoms with Crippen LogP contribution < -0.4 is 0 Å². The summed E-state index contributed by atoms with van der Waals surface area (Å²) in [7, 11) is 0. The summed E-state index contributed by atoms with van der Waals surface area (Å²) >= 11 is 0. The van der Waals surface area contributed by atoms with Gasteiger partial charge in [-0.05, 0) is 62.5 Å². The highest BCUT2D eigenvalue weighted by molar-refractivity contribution is 5.75. The van der Waals surface area contributed by atoms with Crippen molar-refractivity contribution in [2.75, 3.05) is 0 Å². The Morgan fingerprint density at radius 3 is 2.00 bits per heavy atom. The van der Waals surface area contributed by atoms with E-state index in [0.29, 0.717) is 0 Å². The van der Waals surface area contributed by atoms with Crippen LogP contribution in [0, 0.1) is 17.3 Å². The minimum absolute atomic E-state index is 0.0437. The van der Waals surface area contributed by atoms with E-state index < -0.39 is 17.0 Å². The van der Waals surface area contributed by atoms with Crippen molar-refractivity contribution in [2.45, 2.75) is 45.1 Å². The molecular formula is C17H22O3. The van der Waals surface area contributed by atoms with Crippen molar-refractivity contribution in [3.8, 4) is 0 Å². The average Bonchev–Trinajstić information content (AvgIpc) is 2.62. The van der Waals surface area contributed by atoms with Crippen LogP contribution in [-0.2, 0) is 17.6 Å². The van der Waals surface area contributed by atoms with Gasteiger partial charge in [0.2, 0.25) is 0 Å². The van der Waals surface area contributed by atoms with Gasteiger partial charge >= 0.3 is 5.97 Å². The van der Waals surface area contributed by atoms with Gasteiger partial charge in [0.05, 0.1) is 11.0 Å².